The Labute approximate surface area is 151 Å². The maximum absolute atomic E-state index is 5.37. The van der Waals surface area contributed by atoms with Crippen LogP contribution in [-0.2, 0) is 0 Å². The number of hydrogen-bond acceptors (Lipinski definition) is 7. The quantitative estimate of drug-likeness (QED) is 0.434. The Morgan fingerprint density at radius 3 is 1.80 bits per heavy atom. The first-order valence-electron chi connectivity index (χ1n) is 7.36. The SMILES string of the molecule is COc1ccc(/C=C\c2cc(OC)c(OC)c(OC)c2)cc1OSN. The van der Waals surface area contributed by atoms with Crippen molar-refractivity contribution in [1.82, 2.24) is 0 Å². The van der Waals surface area contributed by atoms with Crippen molar-refractivity contribution in [3.05, 3.63) is 41.5 Å². The van der Waals surface area contributed by atoms with E-state index in [0.717, 1.165) is 23.4 Å². The Balaban J connectivity index is 2.34. The predicted octanol–water partition coefficient (Wildman–Crippen LogP) is 3.79. The average molecular weight is 363 g/mol. The van der Waals surface area contributed by atoms with E-state index < -0.39 is 0 Å². The van der Waals surface area contributed by atoms with E-state index >= 15 is 0 Å². The van der Waals surface area contributed by atoms with Crippen molar-refractivity contribution >= 4 is 24.4 Å². The molecule has 0 amide bonds. The molecule has 0 heterocycles. The molecule has 0 aromatic heterocycles. The minimum atomic E-state index is 0.557. The zero-order valence-corrected chi connectivity index (χ0v) is 15.4. The summed E-state index contributed by atoms with van der Waals surface area (Å²) in [6, 6.07) is 9.32. The molecule has 2 aromatic rings. The molecule has 0 aliphatic carbocycles. The van der Waals surface area contributed by atoms with Gasteiger partial charge < -0.3 is 23.1 Å². The molecule has 2 N–H and O–H groups in total. The van der Waals surface area contributed by atoms with Gasteiger partial charge in [0.2, 0.25) is 5.75 Å². The van der Waals surface area contributed by atoms with Crippen molar-refractivity contribution in [3.63, 3.8) is 0 Å². The van der Waals surface area contributed by atoms with Crippen molar-refractivity contribution in [1.29, 1.82) is 0 Å². The van der Waals surface area contributed by atoms with Gasteiger partial charge in [-0.15, -0.1) is 0 Å². The first-order chi connectivity index (χ1) is 12.2. The summed E-state index contributed by atoms with van der Waals surface area (Å²) in [5.74, 6) is 2.92. The molecular formula is C18H21NO5S. The van der Waals surface area contributed by atoms with Gasteiger partial charge in [0.25, 0.3) is 0 Å². The van der Waals surface area contributed by atoms with Crippen molar-refractivity contribution in [2.24, 2.45) is 5.14 Å². The van der Waals surface area contributed by atoms with Gasteiger partial charge in [0.1, 0.15) is 12.2 Å². The number of hydrogen-bond donors (Lipinski definition) is 1. The monoisotopic (exact) mass is 363 g/mol. The van der Waals surface area contributed by atoms with E-state index in [1.165, 1.54) is 0 Å². The Hall–Kier alpha value is -2.51. The third-order valence-electron chi connectivity index (χ3n) is 3.48. The van der Waals surface area contributed by atoms with Gasteiger partial charge >= 0.3 is 0 Å². The minimum absolute atomic E-state index is 0.557. The number of ether oxygens (including phenoxy) is 4. The Morgan fingerprint density at radius 1 is 0.720 bits per heavy atom. The maximum Gasteiger partial charge on any atom is 0.203 e. The molecule has 0 aliphatic heterocycles. The summed E-state index contributed by atoms with van der Waals surface area (Å²) >= 11 is 0.770. The van der Waals surface area contributed by atoms with Gasteiger partial charge in [0.15, 0.2) is 23.0 Å². The molecule has 0 saturated heterocycles. The van der Waals surface area contributed by atoms with Gasteiger partial charge in [0, 0.05) is 0 Å². The second-order valence-corrected chi connectivity index (χ2v) is 5.24. The summed E-state index contributed by atoms with van der Waals surface area (Å²) in [4.78, 5) is 0. The van der Waals surface area contributed by atoms with E-state index in [1.807, 2.05) is 42.5 Å². The molecule has 2 aromatic carbocycles. The topological polar surface area (TPSA) is 72.2 Å². The molecule has 0 atom stereocenters. The fraction of sp³-hybridized carbons (Fsp3) is 0.222. The molecule has 0 radical (unpaired) electrons. The van der Waals surface area contributed by atoms with Gasteiger partial charge in [-0.1, -0.05) is 18.2 Å². The number of methoxy groups -OCH3 is 4. The van der Waals surface area contributed by atoms with Crippen LogP contribution in [0, 0.1) is 0 Å². The first kappa shape index (κ1) is 18.8. The highest BCUT2D eigenvalue weighted by atomic mass is 32.2. The molecule has 0 aliphatic rings. The lowest BCUT2D eigenvalue weighted by molar-refractivity contribution is 0.324. The molecule has 0 unspecified atom stereocenters. The van der Waals surface area contributed by atoms with Gasteiger partial charge in [0.05, 0.1) is 28.4 Å². The van der Waals surface area contributed by atoms with Crippen LogP contribution in [0.15, 0.2) is 30.3 Å². The predicted molar refractivity (Wildman–Crippen MR) is 100 cm³/mol. The molecule has 0 fully saturated rings. The van der Waals surface area contributed by atoms with Crippen LogP contribution in [0.25, 0.3) is 12.2 Å². The molecule has 0 spiro atoms. The fourth-order valence-corrected chi connectivity index (χ4v) is 2.54. The minimum Gasteiger partial charge on any atom is -0.493 e. The lowest BCUT2D eigenvalue weighted by Crippen LogP contribution is -1.95. The Morgan fingerprint density at radius 2 is 1.28 bits per heavy atom. The van der Waals surface area contributed by atoms with Crippen molar-refractivity contribution in [2.45, 2.75) is 0 Å². The lowest BCUT2D eigenvalue weighted by Gasteiger charge is -2.13. The van der Waals surface area contributed by atoms with Crippen LogP contribution in [0.1, 0.15) is 11.1 Å². The highest BCUT2D eigenvalue weighted by Crippen LogP contribution is 2.38. The molecule has 134 valence electrons. The number of rotatable bonds is 8. The molecular weight excluding hydrogens is 342 g/mol. The highest BCUT2D eigenvalue weighted by Gasteiger charge is 2.12. The zero-order valence-electron chi connectivity index (χ0n) is 14.6. The van der Waals surface area contributed by atoms with Crippen LogP contribution in [0.5, 0.6) is 28.7 Å². The first-order valence-corrected chi connectivity index (χ1v) is 8.16. The van der Waals surface area contributed by atoms with Gasteiger partial charge in [-0.2, -0.15) is 0 Å². The van der Waals surface area contributed by atoms with Crippen LogP contribution in [0.3, 0.4) is 0 Å². The largest absolute Gasteiger partial charge is 0.493 e. The molecule has 6 nitrogen and oxygen atoms in total. The van der Waals surface area contributed by atoms with E-state index in [2.05, 4.69) is 0 Å². The van der Waals surface area contributed by atoms with E-state index in [1.54, 1.807) is 28.4 Å². The fourth-order valence-electron chi connectivity index (χ4n) is 2.30. The number of nitrogens with two attached hydrogens (primary N) is 1. The zero-order chi connectivity index (χ0) is 18.2. The van der Waals surface area contributed by atoms with Crippen molar-refractivity contribution in [3.8, 4) is 28.7 Å². The summed E-state index contributed by atoms with van der Waals surface area (Å²) in [5.41, 5.74) is 1.83. The highest BCUT2D eigenvalue weighted by molar-refractivity contribution is 7.92. The van der Waals surface area contributed by atoms with Crippen LogP contribution in [0.2, 0.25) is 0 Å². The summed E-state index contributed by atoms with van der Waals surface area (Å²) in [5, 5.41) is 5.37. The molecule has 25 heavy (non-hydrogen) atoms. The second kappa shape index (κ2) is 9.10. The Kier molecular flexibility index (Phi) is 6.85. The maximum atomic E-state index is 5.37. The van der Waals surface area contributed by atoms with Gasteiger partial charge in [-0.3, -0.25) is 0 Å². The smallest absolute Gasteiger partial charge is 0.203 e. The van der Waals surface area contributed by atoms with Crippen molar-refractivity contribution in [2.75, 3.05) is 28.4 Å². The summed E-state index contributed by atoms with van der Waals surface area (Å²) in [7, 11) is 6.32. The van der Waals surface area contributed by atoms with E-state index in [4.69, 9.17) is 28.3 Å². The summed E-state index contributed by atoms with van der Waals surface area (Å²) < 4.78 is 26.6. The normalized spacial score (nSPS) is 10.6. The summed E-state index contributed by atoms with van der Waals surface area (Å²) in [6.45, 7) is 0. The van der Waals surface area contributed by atoms with Crippen LogP contribution in [0.4, 0.5) is 0 Å². The number of benzene rings is 2. The third-order valence-corrected chi connectivity index (χ3v) is 3.76. The molecule has 2 rings (SSSR count). The lowest BCUT2D eigenvalue weighted by atomic mass is 10.1. The Bertz CT molecular complexity index is 723. The van der Waals surface area contributed by atoms with Gasteiger partial charge in [-0.25, -0.2) is 5.14 Å². The average Bonchev–Trinajstić information content (AvgIpc) is 2.65. The molecule has 0 bridgehead atoms. The summed E-state index contributed by atoms with van der Waals surface area (Å²) in [6.07, 6.45) is 3.87. The van der Waals surface area contributed by atoms with Crippen LogP contribution in [-0.4, -0.2) is 28.4 Å². The molecule has 7 heteroatoms. The third kappa shape index (κ3) is 4.52. The van der Waals surface area contributed by atoms with Gasteiger partial charge in [-0.05, 0) is 35.4 Å². The second-order valence-electron chi connectivity index (χ2n) is 4.88. The van der Waals surface area contributed by atoms with E-state index in [9.17, 15) is 0 Å². The van der Waals surface area contributed by atoms with E-state index in [-0.39, 0.29) is 0 Å². The van der Waals surface area contributed by atoms with Crippen LogP contribution >= 0.6 is 12.2 Å². The van der Waals surface area contributed by atoms with E-state index in [0.29, 0.717) is 28.7 Å². The standard InChI is InChI=1S/C18H21NO5S/c1-20-14-8-7-12(9-15(14)24-25-19)5-6-13-10-16(21-2)18(23-4)17(11-13)22-3/h5-11H,19H2,1-4H3/b6-5-. The molecule has 0 saturated carbocycles. The van der Waals surface area contributed by atoms with Crippen LogP contribution < -0.4 is 28.3 Å². The van der Waals surface area contributed by atoms with Crippen molar-refractivity contribution < 1.29 is 23.1 Å².